The Bertz CT molecular complexity index is 650. The van der Waals surface area contributed by atoms with Crippen LogP contribution >= 0.6 is 11.6 Å². The van der Waals surface area contributed by atoms with Crippen molar-refractivity contribution in [1.29, 1.82) is 0 Å². The summed E-state index contributed by atoms with van der Waals surface area (Å²) < 4.78 is 5.42. The van der Waals surface area contributed by atoms with E-state index in [0.717, 1.165) is 70.0 Å². The number of likely N-dealkylation sites (tertiary alicyclic amines) is 1. The molecule has 2 aliphatic rings. The Morgan fingerprint density at radius 1 is 1.24 bits per heavy atom. The highest BCUT2D eigenvalue weighted by Crippen LogP contribution is 2.36. The number of ether oxygens (including phenoxy) is 1. The van der Waals surface area contributed by atoms with Crippen molar-refractivity contribution in [3.63, 3.8) is 0 Å². The topological polar surface area (TPSA) is 52.1 Å². The highest BCUT2D eigenvalue weighted by atomic mass is 35.5. The Kier molecular flexibility index (Phi) is 9.05. The van der Waals surface area contributed by atoms with E-state index in [1.807, 2.05) is 6.07 Å². The number of piperidine rings is 1. The van der Waals surface area contributed by atoms with Gasteiger partial charge in [0.25, 0.3) is 0 Å². The van der Waals surface area contributed by atoms with Crippen molar-refractivity contribution < 1.29 is 4.74 Å². The summed E-state index contributed by atoms with van der Waals surface area (Å²) in [5.41, 5.74) is 1.30. The molecule has 2 N–H and O–H groups in total. The van der Waals surface area contributed by atoms with Gasteiger partial charge in [-0.1, -0.05) is 23.7 Å². The Morgan fingerprint density at radius 3 is 2.83 bits per heavy atom. The minimum Gasteiger partial charge on any atom is -0.379 e. The van der Waals surface area contributed by atoms with E-state index in [2.05, 4.69) is 52.6 Å². The van der Waals surface area contributed by atoms with Gasteiger partial charge in [0.1, 0.15) is 0 Å². The summed E-state index contributed by atoms with van der Waals surface area (Å²) in [5.74, 6) is 1.40. The second kappa shape index (κ2) is 11.7. The minimum atomic E-state index is 0.363. The molecule has 0 spiro atoms. The third-order valence-electron chi connectivity index (χ3n) is 5.85. The van der Waals surface area contributed by atoms with Crippen molar-refractivity contribution in [1.82, 2.24) is 20.4 Å². The maximum Gasteiger partial charge on any atom is 0.191 e. The SMILES string of the molecule is CCNC(=NCC1CCCN(C)C1c1cccc(Cl)c1)NCCN1CCOCC1. The Hall–Kier alpha value is -1.34. The quantitative estimate of drug-likeness (QED) is 0.523. The first-order valence-corrected chi connectivity index (χ1v) is 11.3. The van der Waals surface area contributed by atoms with Gasteiger partial charge in [0.05, 0.1) is 13.2 Å². The van der Waals surface area contributed by atoms with E-state index >= 15 is 0 Å². The molecule has 29 heavy (non-hydrogen) atoms. The summed E-state index contributed by atoms with van der Waals surface area (Å²) in [6, 6.07) is 8.67. The fraction of sp³-hybridized carbons (Fsp3) is 0.682. The zero-order valence-electron chi connectivity index (χ0n) is 17.9. The average Bonchev–Trinajstić information content (AvgIpc) is 2.73. The summed E-state index contributed by atoms with van der Waals surface area (Å²) in [4.78, 5) is 9.83. The summed E-state index contributed by atoms with van der Waals surface area (Å²) in [7, 11) is 2.22. The van der Waals surface area contributed by atoms with Crippen molar-refractivity contribution in [2.75, 3.05) is 66.1 Å². The molecule has 0 amide bonds. The number of nitrogens with one attached hydrogen (secondary N) is 2. The van der Waals surface area contributed by atoms with E-state index in [0.29, 0.717) is 12.0 Å². The van der Waals surface area contributed by atoms with Gasteiger partial charge in [-0.3, -0.25) is 14.8 Å². The number of hydrogen-bond donors (Lipinski definition) is 2. The predicted molar refractivity (Wildman–Crippen MR) is 121 cm³/mol. The number of hydrogen-bond acceptors (Lipinski definition) is 4. The third-order valence-corrected chi connectivity index (χ3v) is 6.08. The van der Waals surface area contributed by atoms with Crippen molar-refractivity contribution in [3.8, 4) is 0 Å². The summed E-state index contributed by atoms with van der Waals surface area (Å²) in [6.45, 7) is 10.6. The number of rotatable bonds is 7. The minimum absolute atomic E-state index is 0.363. The maximum atomic E-state index is 6.27. The number of halogens is 1. The predicted octanol–water partition coefficient (Wildman–Crippen LogP) is 2.61. The first kappa shape index (κ1) is 22.3. The van der Waals surface area contributed by atoms with Crippen LogP contribution in [-0.4, -0.2) is 81.8 Å². The van der Waals surface area contributed by atoms with Crippen LogP contribution in [0, 0.1) is 5.92 Å². The summed E-state index contributed by atoms with van der Waals surface area (Å²) in [6.07, 6.45) is 2.41. The van der Waals surface area contributed by atoms with Gasteiger partial charge in [0.2, 0.25) is 0 Å². The van der Waals surface area contributed by atoms with Gasteiger partial charge < -0.3 is 15.4 Å². The summed E-state index contributed by atoms with van der Waals surface area (Å²) >= 11 is 6.27. The van der Waals surface area contributed by atoms with Gasteiger partial charge in [-0.15, -0.1) is 0 Å². The lowest BCUT2D eigenvalue weighted by atomic mass is 9.85. The second-order valence-electron chi connectivity index (χ2n) is 7.98. The molecule has 2 fully saturated rings. The fourth-order valence-electron chi connectivity index (χ4n) is 4.38. The van der Waals surface area contributed by atoms with Gasteiger partial charge in [-0.2, -0.15) is 0 Å². The van der Waals surface area contributed by atoms with Crippen molar-refractivity contribution in [2.45, 2.75) is 25.8 Å². The molecular formula is C22H36ClN5O. The van der Waals surface area contributed by atoms with Crippen molar-refractivity contribution >= 4 is 17.6 Å². The largest absolute Gasteiger partial charge is 0.379 e. The van der Waals surface area contributed by atoms with Crippen LogP contribution < -0.4 is 10.6 Å². The van der Waals surface area contributed by atoms with E-state index in [1.165, 1.54) is 18.4 Å². The van der Waals surface area contributed by atoms with E-state index in [-0.39, 0.29) is 0 Å². The number of nitrogens with zero attached hydrogens (tertiary/aromatic N) is 3. The van der Waals surface area contributed by atoms with Gasteiger partial charge >= 0.3 is 0 Å². The smallest absolute Gasteiger partial charge is 0.191 e. The lowest BCUT2D eigenvalue weighted by Crippen LogP contribution is -2.45. The molecule has 2 saturated heterocycles. The summed E-state index contributed by atoms with van der Waals surface area (Å²) in [5, 5.41) is 7.71. The Morgan fingerprint density at radius 2 is 2.07 bits per heavy atom. The molecule has 3 rings (SSSR count). The van der Waals surface area contributed by atoms with Crippen LogP contribution in [-0.2, 0) is 4.74 Å². The number of morpholine rings is 1. The monoisotopic (exact) mass is 421 g/mol. The normalized spacial score (nSPS) is 24.4. The Labute approximate surface area is 180 Å². The van der Waals surface area contributed by atoms with Crippen LogP contribution in [0.5, 0.6) is 0 Å². The van der Waals surface area contributed by atoms with Crippen molar-refractivity contribution in [3.05, 3.63) is 34.9 Å². The molecule has 0 aromatic heterocycles. The molecule has 2 aliphatic heterocycles. The molecule has 2 heterocycles. The number of aliphatic imine (C=N–C) groups is 1. The highest BCUT2D eigenvalue weighted by Gasteiger charge is 2.30. The molecule has 0 saturated carbocycles. The van der Waals surface area contributed by atoms with Crippen molar-refractivity contribution in [2.24, 2.45) is 10.9 Å². The van der Waals surface area contributed by atoms with Gasteiger partial charge in [0, 0.05) is 50.3 Å². The average molecular weight is 422 g/mol. The van der Waals surface area contributed by atoms with Crippen LogP contribution in [0.15, 0.2) is 29.3 Å². The molecule has 1 aromatic rings. The molecule has 0 aliphatic carbocycles. The maximum absolute atomic E-state index is 6.27. The zero-order valence-corrected chi connectivity index (χ0v) is 18.6. The Balaban J connectivity index is 1.59. The zero-order chi connectivity index (χ0) is 20.5. The van der Waals surface area contributed by atoms with E-state index in [4.69, 9.17) is 21.3 Å². The van der Waals surface area contributed by atoms with Crippen LogP contribution in [0.3, 0.4) is 0 Å². The molecule has 2 unspecified atom stereocenters. The number of benzene rings is 1. The molecule has 7 heteroatoms. The highest BCUT2D eigenvalue weighted by molar-refractivity contribution is 6.30. The molecule has 162 valence electrons. The van der Waals surface area contributed by atoms with Gasteiger partial charge in [-0.25, -0.2) is 0 Å². The lowest BCUT2D eigenvalue weighted by Gasteiger charge is -2.39. The first-order valence-electron chi connectivity index (χ1n) is 11.0. The van der Waals surface area contributed by atoms with Crippen LogP contribution in [0.4, 0.5) is 0 Å². The third kappa shape index (κ3) is 6.85. The molecule has 0 radical (unpaired) electrons. The fourth-order valence-corrected chi connectivity index (χ4v) is 4.57. The van der Waals surface area contributed by atoms with Crippen LogP contribution in [0.2, 0.25) is 5.02 Å². The van der Waals surface area contributed by atoms with E-state index in [9.17, 15) is 0 Å². The van der Waals surface area contributed by atoms with E-state index < -0.39 is 0 Å². The molecule has 1 aromatic carbocycles. The van der Waals surface area contributed by atoms with Gasteiger partial charge in [-0.05, 0) is 57.0 Å². The number of guanidine groups is 1. The van der Waals surface area contributed by atoms with Gasteiger partial charge in [0.15, 0.2) is 5.96 Å². The van der Waals surface area contributed by atoms with Crippen LogP contribution in [0.1, 0.15) is 31.4 Å². The van der Waals surface area contributed by atoms with Crippen LogP contribution in [0.25, 0.3) is 0 Å². The molecule has 6 nitrogen and oxygen atoms in total. The molecular weight excluding hydrogens is 386 g/mol. The molecule has 2 atom stereocenters. The molecule has 0 bridgehead atoms. The van der Waals surface area contributed by atoms with E-state index in [1.54, 1.807) is 0 Å². The first-order chi connectivity index (χ1) is 14.2. The lowest BCUT2D eigenvalue weighted by molar-refractivity contribution is 0.0389. The second-order valence-corrected chi connectivity index (χ2v) is 8.42. The standard InChI is InChI=1S/C22H36ClN5O/c1-3-24-22(25-9-11-28-12-14-29-15-13-28)26-17-19-7-5-10-27(2)21(19)18-6-4-8-20(23)16-18/h4,6,8,16,19,21H,3,5,7,9-15,17H2,1-2H3,(H2,24,25,26).